The molecule has 0 spiro atoms. The van der Waals surface area contributed by atoms with Crippen molar-refractivity contribution in [3.05, 3.63) is 95.3 Å². The highest BCUT2D eigenvalue weighted by Crippen LogP contribution is 2.18. The third kappa shape index (κ3) is 7.30. The van der Waals surface area contributed by atoms with Crippen LogP contribution in [0, 0.1) is 5.82 Å². The summed E-state index contributed by atoms with van der Waals surface area (Å²) < 4.78 is 13.1. The molecule has 0 radical (unpaired) electrons. The molecular weight excluding hydrogens is 431 g/mol. The predicted molar refractivity (Wildman–Crippen MR) is 134 cm³/mol. The van der Waals surface area contributed by atoms with E-state index in [-0.39, 0.29) is 5.91 Å². The number of carbonyl (C=O) groups excluding carboxylic acids is 1. The Kier molecular flexibility index (Phi) is 9.01. The van der Waals surface area contributed by atoms with Crippen molar-refractivity contribution < 1.29 is 14.4 Å². The van der Waals surface area contributed by atoms with E-state index < -0.39 is 11.9 Å². The Morgan fingerprint density at radius 3 is 2.26 bits per heavy atom. The summed E-state index contributed by atoms with van der Waals surface area (Å²) in [5.74, 6) is -0.611. The number of halogens is 1. The molecule has 0 aromatic heterocycles. The van der Waals surface area contributed by atoms with Gasteiger partial charge < -0.3 is 10.2 Å². The Morgan fingerprint density at radius 1 is 0.941 bits per heavy atom. The average molecular weight is 465 g/mol. The molecule has 0 heterocycles. The molecular formula is C27H33FN4O2. The van der Waals surface area contributed by atoms with Crippen LogP contribution in [-0.2, 0) is 17.8 Å². The topological polar surface area (TPSA) is 67.8 Å². The molecule has 1 amide bonds. The molecule has 3 aromatic carbocycles. The van der Waals surface area contributed by atoms with Gasteiger partial charge in [0.05, 0.1) is 5.69 Å². The van der Waals surface area contributed by atoms with Crippen molar-refractivity contribution in [3.8, 4) is 0 Å². The van der Waals surface area contributed by atoms with Gasteiger partial charge in [0.15, 0.2) is 0 Å². The minimum Gasteiger partial charge on any atom is -0.378 e. The van der Waals surface area contributed by atoms with Crippen molar-refractivity contribution >= 4 is 17.3 Å². The van der Waals surface area contributed by atoms with Crippen LogP contribution in [0.15, 0.2) is 72.8 Å². The molecule has 7 heteroatoms. The minimum absolute atomic E-state index is 0.216. The van der Waals surface area contributed by atoms with Crippen molar-refractivity contribution in [2.24, 2.45) is 0 Å². The summed E-state index contributed by atoms with van der Waals surface area (Å²) in [6.45, 7) is 2.35. The Morgan fingerprint density at radius 2 is 1.59 bits per heavy atom. The maximum atomic E-state index is 13.1. The van der Waals surface area contributed by atoms with Gasteiger partial charge in [-0.1, -0.05) is 49.7 Å². The molecule has 180 valence electrons. The molecule has 3 rings (SSSR count). The Labute approximate surface area is 200 Å². The SMILES string of the molecule is CCCC(NN(O)c1ccc(F)cc1)C(=O)NCc1cccc(Cc2cccc(N(C)C)c2)c1. The first-order chi connectivity index (χ1) is 16.4. The number of hydrazine groups is 1. The summed E-state index contributed by atoms with van der Waals surface area (Å²) in [4.78, 5) is 14.9. The molecule has 3 N–H and O–H groups in total. The number of carbonyl (C=O) groups is 1. The maximum absolute atomic E-state index is 13.1. The normalized spacial score (nSPS) is 11.7. The highest BCUT2D eigenvalue weighted by molar-refractivity contribution is 5.81. The second-order valence-electron chi connectivity index (χ2n) is 8.54. The average Bonchev–Trinajstić information content (AvgIpc) is 2.83. The van der Waals surface area contributed by atoms with Crippen LogP contribution < -0.4 is 20.8 Å². The van der Waals surface area contributed by atoms with Crippen LogP contribution in [0.2, 0.25) is 0 Å². The van der Waals surface area contributed by atoms with Crippen LogP contribution >= 0.6 is 0 Å². The molecule has 0 aliphatic rings. The monoisotopic (exact) mass is 464 g/mol. The first kappa shape index (κ1) is 25.2. The smallest absolute Gasteiger partial charge is 0.239 e. The number of hydrogen-bond acceptors (Lipinski definition) is 5. The number of amides is 1. The lowest BCUT2D eigenvalue weighted by atomic mass is 10.0. The highest BCUT2D eigenvalue weighted by Gasteiger charge is 2.20. The van der Waals surface area contributed by atoms with Crippen LogP contribution in [0.3, 0.4) is 0 Å². The fourth-order valence-electron chi connectivity index (χ4n) is 3.69. The number of benzene rings is 3. The number of nitrogens with one attached hydrogen (secondary N) is 2. The van der Waals surface area contributed by atoms with Gasteiger partial charge in [-0.15, -0.1) is 0 Å². The van der Waals surface area contributed by atoms with Crippen molar-refractivity contribution in [2.45, 2.75) is 38.8 Å². The van der Waals surface area contributed by atoms with Gasteiger partial charge in [-0.05, 0) is 65.9 Å². The molecule has 0 fully saturated rings. The molecule has 3 aromatic rings. The quantitative estimate of drug-likeness (QED) is 0.360. The zero-order valence-corrected chi connectivity index (χ0v) is 20.0. The van der Waals surface area contributed by atoms with Gasteiger partial charge in [-0.3, -0.25) is 10.0 Å². The van der Waals surface area contributed by atoms with E-state index in [0.717, 1.165) is 29.3 Å². The van der Waals surface area contributed by atoms with E-state index >= 15 is 0 Å². The van der Waals surface area contributed by atoms with Gasteiger partial charge >= 0.3 is 0 Å². The van der Waals surface area contributed by atoms with Gasteiger partial charge in [-0.2, -0.15) is 10.6 Å². The lowest BCUT2D eigenvalue weighted by Gasteiger charge is -2.24. The maximum Gasteiger partial charge on any atom is 0.239 e. The van der Waals surface area contributed by atoms with Crippen molar-refractivity contribution in [1.29, 1.82) is 0 Å². The zero-order valence-electron chi connectivity index (χ0n) is 20.0. The van der Waals surface area contributed by atoms with Gasteiger partial charge in [0.25, 0.3) is 0 Å². The second kappa shape index (κ2) is 12.2. The van der Waals surface area contributed by atoms with E-state index in [1.807, 2.05) is 33.2 Å². The fraction of sp³-hybridized carbons (Fsp3) is 0.296. The van der Waals surface area contributed by atoms with Gasteiger partial charge in [-0.25, -0.2) is 4.39 Å². The first-order valence-electron chi connectivity index (χ1n) is 11.5. The number of hydrogen-bond donors (Lipinski definition) is 3. The van der Waals surface area contributed by atoms with Crippen LogP contribution in [0.4, 0.5) is 15.8 Å². The first-order valence-corrected chi connectivity index (χ1v) is 11.5. The van der Waals surface area contributed by atoms with Crippen molar-refractivity contribution in [3.63, 3.8) is 0 Å². The third-order valence-corrected chi connectivity index (χ3v) is 5.54. The molecule has 6 nitrogen and oxygen atoms in total. The molecule has 1 atom stereocenters. The molecule has 34 heavy (non-hydrogen) atoms. The summed E-state index contributed by atoms with van der Waals surface area (Å²) in [6.07, 6.45) is 2.09. The summed E-state index contributed by atoms with van der Waals surface area (Å²) in [7, 11) is 4.05. The molecule has 0 saturated heterocycles. The van der Waals surface area contributed by atoms with Gasteiger partial charge in [0.1, 0.15) is 11.9 Å². The summed E-state index contributed by atoms with van der Waals surface area (Å²) in [6, 6.07) is 21.3. The van der Waals surface area contributed by atoms with E-state index in [4.69, 9.17) is 0 Å². The predicted octanol–water partition coefficient (Wildman–Crippen LogP) is 4.67. The summed E-state index contributed by atoms with van der Waals surface area (Å²) in [5.41, 5.74) is 7.71. The van der Waals surface area contributed by atoms with Crippen molar-refractivity contribution in [1.82, 2.24) is 10.7 Å². The Balaban J connectivity index is 1.60. The molecule has 0 aliphatic carbocycles. The standard InChI is InChI=1S/C27H33FN4O2/c1-4-7-26(30-32(34)24-14-12-23(28)13-15-24)27(33)29-19-22-10-5-8-20(17-22)16-21-9-6-11-25(18-21)31(2)3/h5-6,8-15,17-18,26,30,34H,4,7,16,19H2,1-3H3,(H,29,33). The zero-order chi connectivity index (χ0) is 24.5. The molecule has 0 aliphatic heterocycles. The van der Waals surface area contributed by atoms with Crippen LogP contribution in [0.25, 0.3) is 0 Å². The van der Waals surface area contributed by atoms with E-state index in [9.17, 15) is 14.4 Å². The van der Waals surface area contributed by atoms with E-state index in [1.165, 1.54) is 35.4 Å². The third-order valence-electron chi connectivity index (χ3n) is 5.54. The Hall–Kier alpha value is -3.42. The van der Waals surface area contributed by atoms with E-state index in [2.05, 4.69) is 52.0 Å². The lowest BCUT2D eigenvalue weighted by molar-refractivity contribution is -0.124. The van der Waals surface area contributed by atoms with Crippen molar-refractivity contribution in [2.75, 3.05) is 24.2 Å². The lowest BCUT2D eigenvalue weighted by Crippen LogP contribution is -2.51. The summed E-state index contributed by atoms with van der Waals surface area (Å²) >= 11 is 0. The highest BCUT2D eigenvalue weighted by atomic mass is 19.1. The van der Waals surface area contributed by atoms with Crippen LogP contribution in [-0.4, -0.2) is 31.3 Å². The molecule has 0 bridgehead atoms. The second-order valence-corrected chi connectivity index (χ2v) is 8.54. The number of nitrogens with zero attached hydrogens (tertiary/aromatic N) is 2. The van der Waals surface area contributed by atoms with Gasteiger partial charge in [0.2, 0.25) is 5.91 Å². The molecule has 1 unspecified atom stereocenters. The largest absolute Gasteiger partial charge is 0.378 e. The van der Waals surface area contributed by atoms with Gasteiger partial charge in [0, 0.05) is 26.3 Å². The Bertz CT molecular complexity index is 1070. The van der Waals surface area contributed by atoms with E-state index in [1.54, 1.807) is 0 Å². The number of rotatable bonds is 11. The van der Waals surface area contributed by atoms with Crippen LogP contribution in [0.5, 0.6) is 0 Å². The number of anilines is 2. The fourth-order valence-corrected chi connectivity index (χ4v) is 3.69. The summed E-state index contributed by atoms with van der Waals surface area (Å²) in [5, 5.41) is 14.0. The van der Waals surface area contributed by atoms with E-state index in [0.29, 0.717) is 18.7 Å². The van der Waals surface area contributed by atoms with Crippen LogP contribution in [0.1, 0.15) is 36.5 Å². The minimum atomic E-state index is -0.628. The molecule has 0 saturated carbocycles.